The van der Waals surface area contributed by atoms with Crippen LogP contribution in [0.3, 0.4) is 0 Å². The first-order valence-corrected chi connectivity index (χ1v) is 9.99. The summed E-state index contributed by atoms with van der Waals surface area (Å²) < 4.78 is 10.3. The average Bonchev–Trinajstić information content (AvgIpc) is 2.71. The summed E-state index contributed by atoms with van der Waals surface area (Å²) in [4.78, 5) is 11.6. The van der Waals surface area contributed by atoms with Crippen LogP contribution in [0.25, 0.3) is 0 Å². The quantitative estimate of drug-likeness (QED) is 0.320. The lowest BCUT2D eigenvalue weighted by Crippen LogP contribution is -2.34. The molecule has 30 heavy (non-hydrogen) atoms. The first-order chi connectivity index (χ1) is 14.1. The van der Waals surface area contributed by atoms with Gasteiger partial charge in [0.15, 0.2) is 0 Å². The summed E-state index contributed by atoms with van der Waals surface area (Å²) in [5, 5.41) is 23.0. The SMILES string of the molecule is COC(=O)c1ccc(OCC(=NO)c2ccc3c(c2)C(C)(C)CCC3(C)C)cc1O. The van der Waals surface area contributed by atoms with Crippen molar-refractivity contribution < 1.29 is 24.6 Å². The van der Waals surface area contributed by atoms with Crippen LogP contribution in [0.4, 0.5) is 0 Å². The topological polar surface area (TPSA) is 88.4 Å². The third-order valence-electron chi connectivity index (χ3n) is 6.06. The van der Waals surface area contributed by atoms with Gasteiger partial charge in [-0.1, -0.05) is 45.0 Å². The highest BCUT2D eigenvalue weighted by Crippen LogP contribution is 2.45. The fourth-order valence-electron chi connectivity index (χ4n) is 3.97. The third kappa shape index (κ3) is 4.13. The van der Waals surface area contributed by atoms with Crippen molar-refractivity contribution in [1.29, 1.82) is 0 Å². The minimum absolute atomic E-state index is 0.0100. The van der Waals surface area contributed by atoms with Crippen molar-refractivity contribution in [3.05, 3.63) is 58.7 Å². The Bertz CT molecular complexity index is 991. The molecule has 0 saturated carbocycles. The molecule has 1 aliphatic carbocycles. The molecule has 0 spiro atoms. The zero-order valence-electron chi connectivity index (χ0n) is 18.2. The van der Waals surface area contributed by atoms with Gasteiger partial charge in [-0.15, -0.1) is 0 Å². The summed E-state index contributed by atoms with van der Waals surface area (Å²) in [6.07, 6.45) is 2.21. The number of carbonyl (C=O) groups excluding carboxylic acids is 1. The van der Waals surface area contributed by atoms with Gasteiger partial charge in [0.25, 0.3) is 0 Å². The number of nitrogens with zero attached hydrogens (tertiary/aromatic N) is 1. The molecule has 2 aromatic carbocycles. The first-order valence-electron chi connectivity index (χ1n) is 9.99. The first kappa shape index (κ1) is 21.7. The minimum Gasteiger partial charge on any atom is -0.507 e. The predicted octanol–water partition coefficient (Wildman–Crippen LogP) is 4.79. The molecular weight excluding hydrogens is 382 g/mol. The average molecular weight is 411 g/mol. The van der Waals surface area contributed by atoms with E-state index in [0.29, 0.717) is 11.5 Å². The molecule has 6 nitrogen and oxygen atoms in total. The number of rotatable bonds is 5. The van der Waals surface area contributed by atoms with E-state index in [1.54, 1.807) is 6.07 Å². The van der Waals surface area contributed by atoms with Crippen LogP contribution >= 0.6 is 0 Å². The molecule has 0 heterocycles. The molecule has 0 amide bonds. The monoisotopic (exact) mass is 411 g/mol. The van der Waals surface area contributed by atoms with Crippen LogP contribution in [-0.4, -0.2) is 35.7 Å². The molecule has 2 aromatic rings. The van der Waals surface area contributed by atoms with Gasteiger partial charge in [-0.3, -0.25) is 0 Å². The van der Waals surface area contributed by atoms with E-state index in [9.17, 15) is 15.1 Å². The van der Waals surface area contributed by atoms with Crippen molar-refractivity contribution >= 4 is 11.7 Å². The van der Waals surface area contributed by atoms with Gasteiger partial charge >= 0.3 is 5.97 Å². The minimum atomic E-state index is -0.628. The summed E-state index contributed by atoms with van der Waals surface area (Å²) in [6.45, 7) is 9.01. The van der Waals surface area contributed by atoms with Crippen LogP contribution in [0, 0.1) is 0 Å². The Labute approximate surface area is 177 Å². The van der Waals surface area contributed by atoms with Gasteiger partial charge in [0.05, 0.1) is 7.11 Å². The van der Waals surface area contributed by atoms with E-state index in [4.69, 9.17) is 4.74 Å². The van der Waals surface area contributed by atoms with Crippen LogP contribution in [-0.2, 0) is 15.6 Å². The van der Waals surface area contributed by atoms with Crippen molar-refractivity contribution in [2.75, 3.05) is 13.7 Å². The van der Waals surface area contributed by atoms with Gasteiger partial charge in [0, 0.05) is 11.6 Å². The van der Waals surface area contributed by atoms with E-state index < -0.39 is 5.97 Å². The van der Waals surface area contributed by atoms with Gasteiger partial charge in [-0.2, -0.15) is 0 Å². The van der Waals surface area contributed by atoms with Crippen molar-refractivity contribution in [2.24, 2.45) is 5.16 Å². The summed E-state index contributed by atoms with van der Waals surface area (Å²) in [5.74, 6) is -0.517. The second-order valence-electron chi connectivity index (χ2n) is 9.03. The van der Waals surface area contributed by atoms with E-state index in [2.05, 4.69) is 49.7 Å². The molecule has 0 aliphatic heterocycles. The lowest BCUT2D eigenvalue weighted by atomic mass is 9.63. The number of fused-ring (bicyclic) bond motifs is 1. The highest BCUT2D eigenvalue weighted by atomic mass is 16.5. The maximum Gasteiger partial charge on any atom is 0.341 e. The number of hydrogen-bond donors (Lipinski definition) is 2. The van der Waals surface area contributed by atoms with E-state index in [-0.39, 0.29) is 28.7 Å². The van der Waals surface area contributed by atoms with Gasteiger partial charge in [0.1, 0.15) is 29.4 Å². The van der Waals surface area contributed by atoms with Crippen molar-refractivity contribution in [3.63, 3.8) is 0 Å². The molecule has 0 radical (unpaired) electrons. The van der Waals surface area contributed by atoms with Crippen LogP contribution in [0.5, 0.6) is 11.5 Å². The second-order valence-corrected chi connectivity index (χ2v) is 9.03. The largest absolute Gasteiger partial charge is 0.507 e. The number of hydrogen-bond acceptors (Lipinski definition) is 6. The highest BCUT2D eigenvalue weighted by molar-refractivity contribution is 6.01. The van der Waals surface area contributed by atoms with E-state index in [1.165, 1.54) is 30.4 Å². The maximum absolute atomic E-state index is 11.6. The summed E-state index contributed by atoms with van der Waals surface area (Å²) in [7, 11) is 1.25. The molecular formula is C24H29NO5. The molecule has 0 saturated heterocycles. The molecule has 3 rings (SSSR count). The van der Waals surface area contributed by atoms with Gasteiger partial charge in [-0.05, 0) is 53.0 Å². The number of esters is 1. The Hall–Kier alpha value is -3.02. The number of oxime groups is 1. The van der Waals surface area contributed by atoms with Gasteiger partial charge < -0.3 is 19.8 Å². The molecule has 0 aromatic heterocycles. The van der Waals surface area contributed by atoms with E-state index in [0.717, 1.165) is 18.4 Å². The van der Waals surface area contributed by atoms with Crippen molar-refractivity contribution in [1.82, 2.24) is 0 Å². The van der Waals surface area contributed by atoms with Gasteiger partial charge in [-0.25, -0.2) is 4.79 Å². The molecule has 0 unspecified atom stereocenters. The smallest absolute Gasteiger partial charge is 0.341 e. The molecule has 2 N–H and O–H groups in total. The number of aromatic hydroxyl groups is 1. The molecule has 6 heteroatoms. The Morgan fingerprint density at radius 2 is 1.70 bits per heavy atom. The lowest BCUT2D eigenvalue weighted by molar-refractivity contribution is 0.0597. The standard InChI is InChI=1S/C24H29NO5/c1-23(2)10-11-24(3,4)19-12-15(6-9-18(19)23)20(25-28)14-30-16-7-8-17(21(26)13-16)22(27)29-5/h6-9,12-13,26,28H,10-11,14H2,1-5H3. The third-order valence-corrected chi connectivity index (χ3v) is 6.06. The molecule has 0 atom stereocenters. The molecule has 0 bridgehead atoms. The summed E-state index contributed by atoms with van der Waals surface area (Å²) >= 11 is 0. The molecule has 0 fully saturated rings. The Balaban J connectivity index is 1.83. The Kier molecular flexibility index (Phi) is 5.79. The molecule has 1 aliphatic rings. The zero-order chi connectivity index (χ0) is 22.1. The van der Waals surface area contributed by atoms with Crippen LogP contribution in [0.1, 0.15) is 67.6 Å². The lowest BCUT2D eigenvalue weighted by Gasteiger charge is -2.42. The van der Waals surface area contributed by atoms with Gasteiger partial charge in [0.2, 0.25) is 0 Å². The number of carbonyl (C=O) groups is 1. The maximum atomic E-state index is 11.6. The summed E-state index contributed by atoms with van der Waals surface area (Å²) in [6, 6.07) is 10.5. The second kappa shape index (κ2) is 8.01. The number of benzene rings is 2. The Morgan fingerprint density at radius 1 is 1.03 bits per heavy atom. The van der Waals surface area contributed by atoms with Crippen LogP contribution in [0.15, 0.2) is 41.6 Å². The summed E-state index contributed by atoms with van der Waals surface area (Å²) in [5.41, 5.74) is 3.96. The fourth-order valence-corrected chi connectivity index (χ4v) is 3.97. The van der Waals surface area contributed by atoms with Crippen molar-refractivity contribution in [3.8, 4) is 11.5 Å². The fraction of sp³-hybridized carbons (Fsp3) is 0.417. The number of ether oxygens (including phenoxy) is 2. The van der Waals surface area contributed by atoms with Crippen molar-refractivity contribution in [2.45, 2.75) is 51.4 Å². The highest BCUT2D eigenvalue weighted by Gasteiger charge is 2.37. The number of phenolic OH excluding ortho intramolecular Hbond substituents is 1. The number of methoxy groups -OCH3 is 1. The van der Waals surface area contributed by atoms with Crippen LogP contribution < -0.4 is 4.74 Å². The molecule has 160 valence electrons. The normalized spacial score (nSPS) is 17.2. The number of phenols is 1. The van der Waals surface area contributed by atoms with Crippen LogP contribution in [0.2, 0.25) is 0 Å². The van der Waals surface area contributed by atoms with E-state index >= 15 is 0 Å². The predicted molar refractivity (Wildman–Crippen MR) is 115 cm³/mol. The van der Waals surface area contributed by atoms with E-state index in [1.807, 2.05) is 6.07 Å². The zero-order valence-corrected chi connectivity index (χ0v) is 18.2. The Morgan fingerprint density at radius 3 is 2.30 bits per heavy atom.